The van der Waals surface area contributed by atoms with Crippen molar-refractivity contribution < 1.29 is 13.5 Å². The first-order chi connectivity index (χ1) is 8.82. The fourth-order valence-corrected chi connectivity index (χ4v) is 6.15. The maximum Gasteiger partial charge on any atom is 0.245 e. The third-order valence-electron chi connectivity index (χ3n) is 2.98. The summed E-state index contributed by atoms with van der Waals surface area (Å²) >= 11 is 6.47. The van der Waals surface area contributed by atoms with Crippen LogP contribution in [0.5, 0.6) is 0 Å². The van der Waals surface area contributed by atoms with E-state index in [0.29, 0.717) is 34.0 Å². The summed E-state index contributed by atoms with van der Waals surface area (Å²) in [6.07, 6.45) is 0.690. The molecule has 1 aliphatic rings. The molecule has 2 rings (SSSR count). The second-order valence-electron chi connectivity index (χ2n) is 4.47. The smallest absolute Gasteiger partial charge is 0.245 e. The van der Waals surface area contributed by atoms with Crippen LogP contribution in [-0.4, -0.2) is 37.0 Å². The first-order valence-corrected chi connectivity index (χ1v) is 8.77. The van der Waals surface area contributed by atoms with Gasteiger partial charge in [-0.1, -0.05) is 0 Å². The van der Waals surface area contributed by atoms with Crippen molar-refractivity contribution in [2.45, 2.75) is 23.8 Å². The van der Waals surface area contributed by atoms with Gasteiger partial charge in [0, 0.05) is 27.7 Å². The van der Waals surface area contributed by atoms with Gasteiger partial charge in [-0.2, -0.15) is 4.31 Å². The van der Waals surface area contributed by atoms with E-state index in [-0.39, 0.29) is 11.4 Å². The third kappa shape index (κ3) is 3.13. The molecule has 1 aromatic rings. The number of nitrogens with zero attached hydrogens (tertiary/aromatic N) is 1. The molecule has 1 aromatic carbocycles. The average Bonchev–Trinajstić information content (AvgIpc) is 2.26. The Kier molecular flexibility index (Phi) is 4.56. The Morgan fingerprint density at radius 2 is 1.89 bits per heavy atom. The zero-order valence-corrected chi connectivity index (χ0v) is 14.0. The van der Waals surface area contributed by atoms with Crippen molar-refractivity contribution in [3.63, 3.8) is 0 Å². The van der Waals surface area contributed by atoms with Gasteiger partial charge in [0.25, 0.3) is 0 Å². The molecule has 0 aliphatic carbocycles. The predicted molar refractivity (Wildman–Crippen MR) is 80.3 cm³/mol. The van der Waals surface area contributed by atoms with E-state index in [0.717, 1.165) is 0 Å². The minimum atomic E-state index is -3.65. The molecule has 0 spiro atoms. The van der Waals surface area contributed by atoms with Gasteiger partial charge in [-0.25, -0.2) is 8.42 Å². The highest BCUT2D eigenvalue weighted by atomic mass is 79.9. The highest BCUT2D eigenvalue weighted by Gasteiger charge is 2.32. The monoisotopic (exact) mass is 412 g/mol. The summed E-state index contributed by atoms with van der Waals surface area (Å²) < 4.78 is 27.3. The topological polar surface area (TPSA) is 83.6 Å². The van der Waals surface area contributed by atoms with Crippen molar-refractivity contribution in [1.29, 1.82) is 0 Å². The predicted octanol–water partition coefficient (Wildman–Crippen LogP) is 1.94. The van der Waals surface area contributed by atoms with Crippen molar-refractivity contribution in [3.05, 3.63) is 21.1 Å². The molecule has 8 heteroatoms. The van der Waals surface area contributed by atoms with Crippen LogP contribution in [0.3, 0.4) is 0 Å². The molecule has 106 valence electrons. The largest absolute Gasteiger partial charge is 0.399 e. The Balaban J connectivity index is 2.45. The number of halogens is 2. The first kappa shape index (κ1) is 15.2. The van der Waals surface area contributed by atoms with Gasteiger partial charge in [0.1, 0.15) is 4.90 Å². The molecule has 1 atom stereocenters. The lowest BCUT2D eigenvalue weighted by Gasteiger charge is -2.29. The molecule has 0 aromatic heterocycles. The maximum absolute atomic E-state index is 12.6. The van der Waals surface area contributed by atoms with Crippen LogP contribution in [0.2, 0.25) is 0 Å². The standard InChI is InChI=1S/C11H14Br2N2O3S/c12-9-4-7(14)5-10(13)11(9)19(17,18)15-3-1-2-8(16)6-15/h4-5,8,16H,1-3,6,14H2/t8-/m0/s1. The number of aliphatic hydroxyl groups excluding tert-OH is 1. The SMILES string of the molecule is Nc1cc(Br)c(S(=O)(=O)N2CCC[C@H](O)C2)c(Br)c1. The molecule has 1 aliphatic heterocycles. The van der Waals surface area contributed by atoms with E-state index in [1.54, 1.807) is 12.1 Å². The van der Waals surface area contributed by atoms with Gasteiger partial charge in [-0.05, 0) is 56.8 Å². The molecule has 1 fully saturated rings. The van der Waals surface area contributed by atoms with Crippen molar-refractivity contribution in [2.75, 3.05) is 18.8 Å². The van der Waals surface area contributed by atoms with E-state index in [1.165, 1.54) is 4.31 Å². The zero-order chi connectivity index (χ0) is 14.2. The van der Waals surface area contributed by atoms with E-state index >= 15 is 0 Å². The average molecular weight is 414 g/mol. The summed E-state index contributed by atoms with van der Waals surface area (Å²) in [4.78, 5) is 0.149. The van der Waals surface area contributed by atoms with Crippen LogP contribution >= 0.6 is 31.9 Å². The van der Waals surface area contributed by atoms with Crippen molar-refractivity contribution >= 4 is 47.6 Å². The summed E-state index contributed by atoms with van der Waals surface area (Å²) in [5.74, 6) is 0. The van der Waals surface area contributed by atoms with Crippen molar-refractivity contribution in [3.8, 4) is 0 Å². The van der Waals surface area contributed by atoms with E-state index < -0.39 is 16.1 Å². The van der Waals surface area contributed by atoms with Gasteiger partial charge < -0.3 is 10.8 Å². The van der Waals surface area contributed by atoms with Crippen LogP contribution < -0.4 is 5.73 Å². The molecule has 0 radical (unpaired) electrons. The minimum Gasteiger partial charge on any atom is -0.399 e. The van der Waals surface area contributed by atoms with Crippen LogP contribution in [-0.2, 0) is 10.0 Å². The number of sulfonamides is 1. The number of nitrogen functional groups attached to an aromatic ring is 1. The molecule has 0 bridgehead atoms. The Morgan fingerprint density at radius 1 is 1.32 bits per heavy atom. The number of hydrogen-bond acceptors (Lipinski definition) is 4. The molecular weight excluding hydrogens is 400 g/mol. The number of β-amino-alcohol motifs (C(OH)–C–C–N with tert-alkyl or cyclic N) is 1. The van der Waals surface area contributed by atoms with Crippen LogP contribution in [0.15, 0.2) is 26.0 Å². The molecule has 1 saturated heterocycles. The van der Waals surface area contributed by atoms with Gasteiger partial charge in [0.15, 0.2) is 0 Å². The normalized spacial score (nSPS) is 21.5. The summed E-state index contributed by atoms with van der Waals surface area (Å²) in [7, 11) is -3.65. The molecule has 0 unspecified atom stereocenters. The summed E-state index contributed by atoms with van der Waals surface area (Å²) in [5, 5.41) is 9.62. The van der Waals surface area contributed by atoms with Crippen molar-refractivity contribution in [1.82, 2.24) is 4.31 Å². The van der Waals surface area contributed by atoms with Gasteiger partial charge >= 0.3 is 0 Å². The number of benzene rings is 1. The Hall–Kier alpha value is -0.150. The lowest BCUT2D eigenvalue weighted by Crippen LogP contribution is -2.42. The molecule has 19 heavy (non-hydrogen) atoms. The number of rotatable bonds is 2. The van der Waals surface area contributed by atoms with E-state index in [9.17, 15) is 13.5 Å². The lowest BCUT2D eigenvalue weighted by molar-refractivity contribution is 0.108. The number of nitrogens with two attached hydrogens (primary N) is 1. The van der Waals surface area contributed by atoms with Gasteiger partial charge in [-0.15, -0.1) is 0 Å². The van der Waals surface area contributed by atoms with Crippen LogP contribution in [0.25, 0.3) is 0 Å². The number of aliphatic hydroxyl groups is 1. The summed E-state index contributed by atoms with van der Waals surface area (Å²) in [6.45, 7) is 0.550. The first-order valence-electron chi connectivity index (χ1n) is 5.75. The van der Waals surface area contributed by atoms with Gasteiger partial charge in [0.2, 0.25) is 10.0 Å². The molecule has 3 N–H and O–H groups in total. The third-order valence-corrected chi connectivity index (χ3v) is 6.72. The molecule has 0 amide bonds. The minimum absolute atomic E-state index is 0.131. The fraction of sp³-hybridized carbons (Fsp3) is 0.455. The lowest BCUT2D eigenvalue weighted by atomic mass is 10.1. The number of anilines is 1. The Labute approximate surface area is 129 Å². The second kappa shape index (κ2) is 5.69. The van der Waals surface area contributed by atoms with Crippen molar-refractivity contribution in [2.24, 2.45) is 0 Å². The number of piperidine rings is 1. The fourth-order valence-electron chi connectivity index (χ4n) is 2.09. The van der Waals surface area contributed by atoms with E-state index in [4.69, 9.17) is 5.73 Å². The van der Waals surface area contributed by atoms with Crippen LogP contribution in [0, 0.1) is 0 Å². The molecule has 0 saturated carbocycles. The summed E-state index contributed by atoms with van der Waals surface area (Å²) in [5.41, 5.74) is 6.13. The van der Waals surface area contributed by atoms with E-state index in [2.05, 4.69) is 31.9 Å². The Bertz CT molecular complexity index is 569. The Morgan fingerprint density at radius 3 is 2.42 bits per heavy atom. The molecule has 5 nitrogen and oxygen atoms in total. The van der Waals surface area contributed by atoms with Gasteiger partial charge in [0.05, 0.1) is 6.10 Å². The number of hydrogen-bond donors (Lipinski definition) is 2. The van der Waals surface area contributed by atoms with Gasteiger partial charge in [-0.3, -0.25) is 0 Å². The second-order valence-corrected chi connectivity index (χ2v) is 8.06. The molecule has 1 heterocycles. The maximum atomic E-state index is 12.6. The van der Waals surface area contributed by atoms with Crippen LogP contribution in [0.1, 0.15) is 12.8 Å². The quantitative estimate of drug-likeness (QED) is 0.725. The van der Waals surface area contributed by atoms with Crippen LogP contribution in [0.4, 0.5) is 5.69 Å². The summed E-state index contributed by atoms with van der Waals surface area (Å²) in [6, 6.07) is 3.11. The highest BCUT2D eigenvalue weighted by molar-refractivity contribution is 9.11. The van der Waals surface area contributed by atoms with E-state index in [1.807, 2.05) is 0 Å². The molecular formula is C11H14Br2N2O3S. The zero-order valence-electron chi connectivity index (χ0n) is 10.0. The highest BCUT2D eigenvalue weighted by Crippen LogP contribution is 2.35.